The van der Waals surface area contributed by atoms with Crippen molar-refractivity contribution in [3.8, 4) is 0 Å². The highest BCUT2D eigenvalue weighted by atomic mass is 16.4. The molecule has 0 radical (unpaired) electrons. The molecule has 2 N–H and O–H groups in total. The predicted octanol–water partition coefficient (Wildman–Crippen LogP) is 2.73. The zero-order chi connectivity index (χ0) is 15.6. The summed E-state index contributed by atoms with van der Waals surface area (Å²) in [4.78, 5) is 19.0. The van der Waals surface area contributed by atoms with Crippen LogP contribution in [0.3, 0.4) is 0 Å². The van der Waals surface area contributed by atoms with Crippen LogP contribution in [0.4, 0.5) is 4.79 Å². The predicted molar refractivity (Wildman–Crippen MR) is 87.2 cm³/mol. The van der Waals surface area contributed by atoms with Crippen LogP contribution in [0, 0.1) is 0 Å². The van der Waals surface area contributed by atoms with Crippen LogP contribution in [0.15, 0.2) is 76.8 Å². The third kappa shape index (κ3) is 5.09. The molecule has 0 aliphatic carbocycles. The van der Waals surface area contributed by atoms with Gasteiger partial charge in [-0.1, -0.05) is 0 Å². The van der Waals surface area contributed by atoms with E-state index in [1.54, 1.807) is 49.1 Å². The number of hydrogen-bond donors (Lipinski definition) is 2. The van der Waals surface area contributed by atoms with Gasteiger partial charge in [-0.05, 0) is 42.5 Å². The highest BCUT2D eigenvalue weighted by Crippen LogP contribution is 2.01. The zero-order valence-corrected chi connectivity index (χ0v) is 11.8. The van der Waals surface area contributed by atoms with Crippen molar-refractivity contribution < 1.29 is 9.90 Å². The van der Waals surface area contributed by atoms with Crippen molar-refractivity contribution in [2.24, 2.45) is 9.98 Å². The number of nitrogens with one attached hydrogen (secondary N) is 1. The second kappa shape index (κ2) is 8.21. The standard InChI is InChI=1S/C16H16N4O2/c21-16(22)19-14-5-1-8-17-10-4-12-20-11-3-7-15(20)13-18-9-2-6-14/h1-11,13,19H,12H2,(H,21,22). The van der Waals surface area contributed by atoms with E-state index in [1.807, 2.05) is 29.0 Å². The molecule has 6 nitrogen and oxygen atoms in total. The fraction of sp³-hybridized carbons (Fsp3) is 0.0625. The fourth-order valence-corrected chi connectivity index (χ4v) is 1.76. The van der Waals surface area contributed by atoms with E-state index < -0.39 is 6.09 Å². The quantitative estimate of drug-likeness (QED) is 0.835. The van der Waals surface area contributed by atoms with E-state index in [9.17, 15) is 4.79 Å². The molecule has 112 valence electrons. The number of carbonyl (C=O) groups is 1. The molecule has 1 amide bonds. The lowest BCUT2D eigenvalue weighted by Gasteiger charge is -2.00. The van der Waals surface area contributed by atoms with Crippen molar-refractivity contribution in [3.63, 3.8) is 0 Å². The van der Waals surface area contributed by atoms with E-state index in [0.29, 0.717) is 12.2 Å². The summed E-state index contributed by atoms with van der Waals surface area (Å²) in [6.45, 7) is 0.698. The van der Waals surface area contributed by atoms with Crippen LogP contribution in [0.25, 0.3) is 0 Å². The van der Waals surface area contributed by atoms with E-state index in [0.717, 1.165) is 5.69 Å². The molecular formula is C16H16N4O2. The van der Waals surface area contributed by atoms with Gasteiger partial charge in [-0.15, -0.1) is 0 Å². The number of rotatable bonds is 1. The molecule has 0 fully saturated rings. The van der Waals surface area contributed by atoms with Crippen molar-refractivity contribution in [1.29, 1.82) is 0 Å². The Morgan fingerprint density at radius 1 is 1.27 bits per heavy atom. The van der Waals surface area contributed by atoms with Gasteiger partial charge in [0.25, 0.3) is 0 Å². The summed E-state index contributed by atoms with van der Waals surface area (Å²) in [6, 6.07) is 3.91. The summed E-state index contributed by atoms with van der Waals surface area (Å²) in [5, 5.41) is 11.1. The largest absolute Gasteiger partial charge is 0.465 e. The topological polar surface area (TPSA) is 79.0 Å². The van der Waals surface area contributed by atoms with Crippen LogP contribution in [0.2, 0.25) is 0 Å². The summed E-state index contributed by atoms with van der Waals surface area (Å²) in [7, 11) is 0. The Balaban J connectivity index is 2.24. The van der Waals surface area contributed by atoms with Crippen molar-refractivity contribution in [2.75, 3.05) is 0 Å². The average molecular weight is 296 g/mol. The molecule has 1 aromatic heterocycles. The van der Waals surface area contributed by atoms with Gasteiger partial charge in [0, 0.05) is 37.1 Å². The number of fused-ring (bicyclic) bond motifs is 1. The molecular weight excluding hydrogens is 280 g/mol. The van der Waals surface area contributed by atoms with Crippen LogP contribution >= 0.6 is 0 Å². The first-order valence-corrected chi connectivity index (χ1v) is 6.65. The Bertz CT molecular complexity index is 691. The number of nitrogens with zero attached hydrogens (tertiary/aromatic N) is 3. The molecule has 0 atom stereocenters. The number of amides is 1. The van der Waals surface area contributed by atoms with Crippen LogP contribution < -0.4 is 5.32 Å². The van der Waals surface area contributed by atoms with E-state index >= 15 is 0 Å². The molecule has 0 bridgehead atoms. The maximum atomic E-state index is 10.7. The van der Waals surface area contributed by atoms with Gasteiger partial charge >= 0.3 is 6.09 Å². The normalized spacial score (nSPS) is 14.8. The molecule has 0 aromatic carbocycles. The number of hydrogen-bond acceptors (Lipinski definition) is 3. The van der Waals surface area contributed by atoms with Gasteiger partial charge in [-0.25, -0.2) is 4.79 Å². The Labute approximate surface area is 128 Å². The molecule has 2 rings (SSSR count). The molecule has 2 heterocycles. The van der Waals surface area contributed by atoms with Gasteiger partial charge in [-0.2, -0.15) is 0 Å². The van der Waals surface area contributed by atoms with Gasteiger partial charge in [0.2, 0.25) is 0 Å². The third-order valence-corrected chi connectivity index (χ3v) is 2.71. The first-order chi connectivity index (χ1) is 10.8. The lowest BCUT2D eigenvalue weighted by Crippen LogP contribution is -2.18. The molecule has 0 spiro atoms. The zero-order valence-electron chi connectivity index (χ0n) is 11.8. The first kappa shape index (κ1) is 15.2. The molecule has 0 saturated heterocycles. The van der Waals surface area contributed by atoms with Crippen molar-refractivity contribution in [1.82, 2.24) is 9.88 Å². The molecule has 1 aliphatic rings. The van der Waals surface area contributed by atoms with E-state index in [-0.39, 0.29) is 0 Å². The third-order valence-electron chi connectivity index (χ3n) is 2.71. The van der Waals surface area contributed by atoms with Crippen LogP contribution in [0.5, 0.6) is 0 Å². The van der Waals surface area contributed by atoms with Crippen LogP contribution in [-0.4, -0.2) is 28.2 Å². The van der Waals surface area contributed by atoms with Gasteiger partial charge in [-0.3, -0.25) is 15.3 Å². The molecule has 22 heavy (non-hydrogen) atoms. The lowest BCUT2D eigenvalue weighted by molar-refractivity contribution is 0.198. The summed E-state index contributed by atoms with van der Waals surface area (Å²) in [5.41, 5.74) is 1.40. The van der Waals surface area contributed by atoms with E-state index in [1.165, 1.54) is 0 Å². The van der Waals surface area contributed by atoms with Gasteiger partial charge in [0.15, 0.2) is 0 Å². The maximum absolute atomic E-state index is 10.7. The number of aliphatic imine (C=N–C) groups is 2. The van der Waals surface area contributed by atoms with E-state index in [2.05, 4.69) is 15.3 Å². The lowest BCUT2D eigenvalue weighted by atomic mass is 10.3. The Morgan fingerprint density at radius 2 is 2.18 bits per heavy atom. The Morgan fingerprint density at radius 3 is 3.05 bits per heavy atom. The van der Waals surface area contributed by atoms with Crippen molar-refractivity contribution in [2.45, 2.75) is 6.54 Å². The Hall–Kier alpha value is -3.15. The van der Waals surface area contributed by atoms with Crippen LogP contribution in [-0.2, 0) is 6.54 Å². The smallest absolute Gasteiger partial charge is 0.409 e. The summed E-state index contributed by atoms with van der Waals surface area (Å²) >= 11 is 0. The second-order valence-electron chi connectivity index (χ2n) is 4.30. The number of carboxylic acid groups (broad SMARTS) is 1. The summed E-state index contributed by atoms with van der Waals surface area (Å²) in [5.74, 6) is 0. The second-order valence-corrected chi connectivity index (χ2v) is 4.30. The minimum Gasteiger partial charge on any atom is -0.465 e. The SMILES string of the molecule is O=C(O)NC1=CC=CN=Cc2cccn2CC=CN=CC=C1. The van der Waals surface area contributed by atoms with Gasteiger partial charge in [0.05, 0.1) is 11.9 Å². The van der Waals surface area contributed by atoms with Gasteiger partial charge in [0.1, 0.15) is 0 Å². The van der Waals surface area contributed by atoms with Crippen molar-refractivity contribution in [3.05, 3.63) is 72.5 Å². The summed E-state index contributed by atoms with van der Waals surface area (Å²) in [6.07, 6.45) is 15.9. The number of allylic oxidation sites excluding steroid dienone is 5. The van der Waals surface area contributed by atoms with Crippen LogP contribution in [0.1, 0.15) is 5.69 Å². The highest BCUT2D eigenvalue weighted by Gasteiger charge is 1.96. The van der Waals surface area contributed by atoms with Crippen molar-refractivity contribution >= 4 is 18.5 Å². The van der Waals surface area contributed by atoms with E-state index in [4.69, 9.17) is 5.11 Å². The van der Waals surface area contributed by atoms with Gasteiger partial charge < -0.3 is 9.67 Å². The molecule has 6 heteroatoms. The monoisotopic (exact) mass is 296 g/mol. The highest BCUT2D eigenvalue weighted by molar-refractivity contribution is 5.78. The minimum atomic E-state index is -1.12. The molecule has 0 saturated carbocycles. The molecule has 1 aliphatic heterocycles. The number of aromatic nitrogens is 1. The Kier molecular flexibility index (Phi) is 5.69. The molecule has 1 aromatic rings. The minimum absolute atomic E-state index is 0.424. The maximum Gasteiger partial charge on any atom is 0.409 e. The first-order valence-electron chi connectivity index (χ1n) is 6.65. The summed E-state index contributed by atoms with van der Waals surface area (Å²) < 4.78 is 2.03. The molecule has 0 unspecified atom stereocenters. The average Bonchev–Trinajstić information content (AvgIpc) is 2.91. The fourth-order valence-electron chi connectivity index (χ4n) is 1.76.